The van der Waals surface area contributed by atoms with Gasteiger partial charge in [0.05, 0.1) is 11.3 Å². The number of carbonyl (C=O) groups is 1. The molecule has 1 saturated heterocycles. The molecule has 5 nitrogen and oxygen atoms in total. The van der Waals surface area contributed by atoms with Gasteiger partial charge in [0.2, 0.25) is 15.9 Å². The lowest BCUT2D eigenvalue weighted by molar-refractivity contribution is -0.137. The minimum atomic E-state index is -4.52. The average molecular weight is 412 g/mol. The predicted octanol–water partition coefficient (Wildman–Crippen LogP) is 3.45. The fourth-order valence-electron chi connectivity index (χ4n) is 3.02. The Balaban J connectivity index is 1.61. The fourth-order valence-corrected chi connectivity index (χ4v) is 4.12. The summed E-state index contributed by atoms with van der Waals surface area (Å²) >= 11 is 0. The molecule has 2 aromatic rings. The van der Waals surface area contributed by atoms with E-state index in [0.29, 0.717) is 18.5 Å². The van der Waals surface area contributed by atoms with Crippen LogP contribution in [-0.4, -0.2) is 20.9 Å². The van der Waals surface area contributed by atoms with E-state index in [1.807, 2.05) is 0 Å². The Labute approximate surface area is 161 Å². The Kier molecular flexibility index (Phi) is 5.76. The van der Waals surface area contributed by atoms with Gasteiger partial charge in [-0.2, -0.15) is 13.2 Å². The van der Waals surface area contributed by atoms with Crippen LogP contribution in [0.4, 0.5) is 18.9 Å². The summed E-state index contributed by atoms with van der Waals surface area (Å²) in [4.78, 5) is 13.4. The molecule has 0 unspecified atom stereocenters. The average Bonchev–Trinajstić information content (AvgIpc) is 3.06. The number of benzene rings is 2. The number of alkyl halides is 3. The van der Waals surface area contributed by atoms with E-state index >= 15 is 0 Å². The van der Waals surface area contributed by atoms with Crippen molar-refractivity contribution >= 4 is 21.6 Å². The summed E-state index contributed by atoms with van der Waals surface area (Å²) in [6.45, 7) is 0.678. The van der Waals surface area contributed by atoms with Gasteiger partial charge in [0, 0.05) is 25.2 Å². The van der Waals surface area contributed by atoms with Crippen LogP contribution in [0.25, 0.3) is 0 Å². The van der Waals surface area contributed by atoms with Crippen LogP contribution in [0.2, 0.25) is 0 Å². The molecule has 1 fully saturated rings. The predicted molar refractivity (Wildman–Crippen MR) is 98.9 cm³/mol. The van der Waals surface area contributed by atoms with Crippen LogP contribution in [0, 0.1) is 0 Å². The molecule has 1 aliphatic rings. The van der Waals surface area contributed by atoms with E-state index in [-0.39, 0.29) is 18.0 Å². The van der Waals surface area contributed by atoms with E-state index in [2.05, 4.69) is 4.72 Å². The number of amides is 1. The standard InChI is InChI=1S/C19H19F3N2O3S/c20-19(21,22)16-4-1-3-15(11-16)13-28(26,27)23-12-14-6-8-17(9-7-14)24-10-2-5-18(24)25/h1,3-4,6-9,11,23H,2,5,10,12-13H2. The number of rotatable bonds is 6. The van der Waals surface area contributed by atoms with Gasteiger partial charge < -0.3 is 4.90 Å². The molecule has 0 aromatic heterocycles. The lowest BCUT2D eigenvalue weighted by Gasteiger charge is -2.16. The maximum Gasteiger partial charge on any atom is 0.416 e. The summed E-state index contributed by atoms with van der Waals surface area (Å²) in [5.74, 6) is -0.480. The van der Waals surface area contributed by atoms with Crippen molar-refractivity contribution < 1.29 is 26.4 Å². The van der Waals surface area contributed by atoms with Crippen LogP contribution in [0.5, 0.6) is 0 Å². The minimum absolute atomic E-state index is 0.00945. The molecule has 1 heterocycles. The second-order valence-corrected chi connectivity index (χ2v) is 8.40. The summed E-state index contributed by atoms with van der Waals surface area (Å²) in [5.41, 5.74) is 0.624. The Morgan fingerprint density at radius 3 is 2.36 bits per heavy atom. The van der Waals surface area contributed by atoms with Crippen molar-refractivity contribution in [3.8, 4) is 0 Å². The van der Waals surface area contributed by atoms with Gasteiger partial charge in [0.25, 0.3) is 0 Å². The number of nitrogens with zero attached hydrogens (tertiary/aromatic N) is 1. The summed E-state index contributed by atoms with van der Waals surface area (Å²) in [6.07, 6.45) is -3.18. The smallest absolute Gasteiger partial charge is 0.312 e. The summed E-state index contributed by atoms with van der Waals surface area (Å²) in [5, 5.41) is 0. The largest absolute Gasteiger partial charge is 0.416 e. The number of hydrogen-bond donors (Lipinski definition) is 1. The van der Waals surface area contributed by atoms with E-state index < -0.39 is 27.5 Å². The molecule has 0 aliphatic carbocycles. The molecule has 3 rings (SSSR count). The zero-order valence-electron chi connectivity index (χ0n) is 14.9. The van der Waals surface area contributed by atoms with Crippen molar-refractivity contribution in [3.05, 3.63) is 65.2 Å². The second kappa shape index (κ2) is 7.92. The third-order valence-electron chi connectivity index (χ3n) is 4.43. The maximum atomic E-state index is 12.7. The van der Waals surface area contributed by atoms with Crippen LogP contribution < -0.4 is 9.62 Å². The highest BCUT2D eigenvalue weighted by atomic mass is 32.2. The molecule has 9 heteroatoms. The molecule has 0 atom stereocenters. The maximum absolute atomic E-state index is 12.7. The van der Waals surface area contributed by atoms with Crippen LogP contribution in [0.3, 0.4) is 0 Å². The number of anilines is 1. The molecular weight excluding hydrogens is 393 g/mol. The highest BCUT2D eigenvalue weighted by Gasteiger charge is 2.30. The van der Waals surface area contributed by atoms with Crippen molar-refractivity contribution in [2.24, 2.45) is 0 Å². The van der Waals surface area contributed by atoms with Gasteiger partial charge in [-0.15, -0.1) is 0 Å². The minimum Gasteiger partial charge on any atom is -0.312 e. The van der Waals surface area contributed by atoms with Crippen molar-refractivity contribution in [1.29, 1.82) is 0 Å². The molecule has 150 valence electrons. The van der Waals surface area contributed by atoms with E-state index in [0.717, 1.165) is 24.2 Å². The fraction of sp³-hybridized carbons (Fsp3) is 0.316. The van der Waals surface area contributed by atoms with Crippen LogP contribution in [-0.2, 0) is 33.3 Å². The first kappa shape index (κ1) is 20.3. The van der Waals surface area contributed by atoms with E-state index in [9.17, 15) is 26.4 Å². The van der Waals surface area contributed by atoms with Crippen molar-refractivity contribution in [2.45, 2.75) is 31.3 Å². The lowest BCUT2D eigenvalue weighted by Crippen LogP contribution is -2.25. The molecule has 0 radical (unpaired) electrons. The van der Waals surface area contributed by atoms with E-state index in [4.69, 9.17) is 0 Å². The zero-order valence-corrected chi connectivity index (χ0v) is 15.7. The number of sulfonamides is 1. The summed E-state index contributed by atoms with van der Waals surface area (Å²) in [7, 11) is -3.81. The molecule has 1 amide bonds. The van der Waals surface area contributed by atoms with Gasteiger partial charge in [-0.25, -0.2) is 13.1 Å². The Morgan fingerprint density at radius 1 is 1.04 bits per heavy atom. The highest BCUT2D eigenvalue weighted by Crippen LogP contribution is 2.29. The molecule has 0 saturated carbocycles. The normalized spacial score (nSPS) is 15.2. The second-order valence-electron chi connectivity index (χ2n) is 6.59. The number of carbonyl (C=O) groups excluding carboxylic acids is 1. The third kappa shape index (κ3) is 5.11. The van der Waals surface area contributed by atoms with Gasteiger partial charge in [0.1, 0.15) is 0 Å². The first-order chi connectivity index (χ1) is 13.1. The number of nitrogens with one attached hydrogen (secondary N) is 1. The molecule has 28 heavy (non-hydrogen) atoms. The SMILES string of the molecule is O=C1CCCN1c1ccc(CNS(=O)(=O)Cc2cccc(C(F)(F)F)c2)cc1. The van der Waals surface area contributed by atoms with Gasteiger partial charge in [-0.1, -0.05) is 30.3 Å². The van der Waals surface area contributed by atoms with Crippen LogP contribution in [0.1, 0.15) is 29.5 Å². The van der Waals surface area contributed by atoms with Gasteiger partial charge in [-0.05, 0) is 35.7 Å². The van der Waals surface area contributed by atoms with Gasteiger partial charge >= 0.3 is 6.18 Å². The number of hydrogen-bond acceptors (Lipinski definition) is 3. The molecule has 0 spiro atoms. The molecule has 1 aliphatic heterocycles. The third-order valence-corrected chi connectivity index (χ3v) is 5.73. The van der Waals surface area contributed by atoms with Crippen LogP contribution in [0.15, 0.2) is 48.5 Å². The Hall–Kier alpha value is -2.39. The van der Waals surface area contributed by atoms with Crippen molar-refractivity contribution in [3.63, 3.8) is 0 Å². The van der Waals surface area contributed by atoms with Gasteiger partial charge in [0.15, 0.2) is 0 Å². The van der Waals surface area contributed by atoms with E-state index in [1.54, 1.807) is 29.2 Å². The first-order valence-electron chi connectivity index (χ1n) is 8.67. The topological polar surface area (TPSA) is 66.5 Å². The molecular formula is C19H19F3N2O3S. The summed E-state index contributed by atoms with van der Waals surface area (Å²) in [6, 6.07) is 11.2. The number of halogens is 3. The lowest BCUT2D eigenvalue weighted by atomic mass is 10.1. The molecule has 2 aromatic carbocycles. The monoisotopic (exact) mass is 412 g/mol. The van der Waals surface area contributed by atoms with Crippen LogP contribution >= 0.6 is 0 Å². The summed E-state index contributed by atoms with van der Waals surface area (Å²) < 4.78 is 65.1. The Morgan fingerprint density at radius 2 is 1.75 bits per heavy atom. The zero-order chi connectivity index (χ0) is 20.4. The quantitative estimate of drug-likeness (QED) is 0.790. The van der Waals surface area contributed by atoms with Gasteiger partial charge in [-0.3, -0.25) is 4.79 Å². The molecule has 1 N–H and O–H groups in total. The molecule has 0 bridgehead atoms. The van der Waals surface area contributed by atoms with Crippen molar-refractivity contribution in [1.82, 2.24) is 4.72 Å². The Bertz CT molecular complexity index is 957. The highest BCUT2D eigenvalue weighted by molar-refractivity contribution is 7.88. The van der Waals surface area contributed by atoms with Crippen molar-refractivity contribution in [2.75, 3.05) is 11.4 Å². The first-order valence-corrected chi connectivity index (χ1v) is 10.3. The van der Waals surface area contributed by atoms with E-state index in [1.165, 1.54) is 12.1 Å².